The maximum Gasteiger partial charge on any atom is 0.286 e. The number of rotatable bonds is 7. The molecule has 2 fully saturated rings. The Morgan fingerprint density at radius 1 is 1.19 bits per heavy atom. The van der Waals surface area contributed by atoms with Crippen LogP contribution in [0, 0.1) is 11.8 Å². The summed E-state index contributed by atoms with van der Waals surface area (Å²) >= 11 is 0. The van der Waals surface area contributed by atoms with Crippen LogP contribution in [-0.4, -0.2) is 74.7 Å². The molecule has 2 aliphatic heterocycles. The van der Waals surface area contributed by atoms with Gasteiger partial charge in [0.2, 0.25) is 0 Å². The van der Waals surface area contributed by atoms with Gasteiger partial charge in [-0.1, -0.05) is 38.0 Å². The molecule has 198 valence electrons. The molecule has 0 saturated carbocycles. The first-order chi connectivity index (χ1) is 17.4. The third-order valence-electron chi connectivity index (χ3n) is 6.74. The average Bonchev–Trinajstić information content (AvgIpc) is 3.13. The van der Waals surface area contributed by atoms with Gasteiger partial charge in [-0.05, 0) is 30.4 Å². The van der Waals surface area contributed by atoms with Gasteiger partial charge in [0.05, 0.1) is 29.2 Å². The second-order valence-electron chi connectivity index (χ2n) is 10.0. The minimum Gasteiger partial charge on any atom is -0.403 e. The third-order valence-corrected chi connectivity index (χ3v) is 6.74. The van der Waals surface area contributed by atoms with E-state index in [0.29, 0.717) is 30.6 Å². The Morgan fingerprint density at radius 2 is 1.84 bits per heavy atom. The number of amides is 2. The van der Waals surface area contributed by atoms with Gasteiger partial charge in [0.1, 0.15) is 13.9 Å². The highest BCUT2D eigenvalue weighted by Crippen LogP contribution is 2.35. The lowest BCUT2D eigenvalue weighted by Crippen LogP contribution is -2.44. The summed E-state index contributed by atoms with van der Waals surface area (Å²) in [5.74, 6) is -3.61. The van der Waals surface area contributed by atoms with Crippen LogP contribution in [0.15, 0.2) is 48.3 Å². The summed E-state index contributed by atoms with van der Waals surface area (Å²) in [6, 6.07) is 1.40. The molecule has 2 heterocycles. The van der Waals surface area contributed by atoms with Crippen LogP contribution in [0.25, 0.3) is 0 Å². The average molecular weight is 512 g/mol. The molecule has 2 amide bonds. The van der Waals surface area contributed by atoms with Crippen molar-refractivity contribution in [3.8, 4) is 0 Å². The molecule has 1 aromatic rings. The minimum absolute atomic E-state index is 0.0838. The van der Waals surface area contributed by atoms with E-state index < -0.39 is 24.4 Å². The molecule has 0 aromatic heterocycles. The van der Waals surface area contributed by atoms with Gasteiger partial charge in [0, 0.05) is 38.5 Å². The predicted octanol–water partition coefficient (Wildman–Crippen LogP) is 1.57. The smallest absolute Gasteiger partial charge is 0.286 e. The van der Waals surface area contributed by atoms with Crippen LogP contribution < -0.4 is 27.6 Å². The van der Waals surface area contributed by atoms with Gasteiger partial charge in [-0.15, -0.1) is 0 Å². The Bertz CT molecular complexity index is 1110. The maximum absolute atomic E-state index is 15.2. The largest absolute Gasteiger partial charge is 0.403 e. The summed E-state index contributed by atoms with van der Waals surface area (Å²) in [6.45, 7) is 7.75. The maximum atomic E-state index is 15.2. The normalized spacial score (nSPS) is 24.1. The fourth-order valence-corrected chi connectivity index (χ4v) is 5.04. The molecule has 2 radical (unpaired) electrons. The first kappa shape index (κ1) is 28.1. The first-order valence-electron chi connectivity index (χ1n) is 12.3. The number of halogens is 2. The van der Waals surface area contributed by atoms with Crippen molar-refractivity contribution < 1.29 is 18.4 Å². The lowest BCUT2D eigenvalue weighted by Gasteiger charge is -2.35. The number of piperidine rings is 1. The number of carbonyl (C=O) groups is 2. The Balaban J connectivity index is 1.89. The number of nitrogens with two attached hydrogens (primary N) is 2. The number of nitrogens with one attached hydrogen (secondary N) is 2. The molecule has 3 atom stereocenters. The van der Waals surface area contributed by atoms with Crippen molar-refractivity contribution in [3.05, 3.63) is 53.9 Å². The molecule has 0 aliphatic carbocycles. The lowest BCUT2D eigenvalue weighted by atomic mass is 9.89. The van der Waals surface area contributed by atoms with Gasteiger partial charge >= 0.3 is 0 Å². The number of nitrogen functional groups attached to an aromatic ring is 1. The highest BCUT2D eigenvalue weighted by Gasteiger charge is 2.50. The highest BCUT2D eigenvalue weighted by atomic mass is 19.3. The summed E-state index contributed by atoms with van der Waals surface area (Å²) in [5.41, 5.74) is 12.8. The number of hydrogen-bond acceptors (Lipinski definition) is 6. The number of allylic oxidation sites excluding steroid dienone is 1. The zero-order chi connectivity index (χ0) is 27.5. The van der Waals surface area contributed by atoms with Crippen LogP contribution in [-0.2, 0) is 4.79 Å². The van der Waals surface area contributed by atoms with Crippen molar-refractivity contribution in [2.24, 2.45) is 17.6 Å². The van der Waals surface area contributed by atoms with E-state index in [1.54, 1.807) is 11.9 Å². The monoisotopic (exact) mass is 512 g/mol. The molecule has 2 aliphatic rings. The van der Waals surface area contributed by atoms with Crippen LogP contribution in [0.5, 0.6) is 0 Å². The standard InChI is InChI=1S/C26H35BF2N6O2/c1-5-17(7-19(10-30)32-4)24(36)35-13-22(26(28,29)14-35)33-23-20(8-18(27)9-21(23)31)25(37)34-11-15(2)6-16(3)12-34/h5,7-10,15-16,22,32-33H,1,6,11-14,30-31H2,2-4H3/b17-7+,19-10+/t15-,16+,22?. The van der Waals surface area contributed by atoms with Crippen molar-refractivity contribution in [2.75, 3.05) is 44.3 Å². The molecule has 11 heteroatoms. The minimum atomic E-state index is -3.29. The van der Waals surface area contributed by atoms with E-state index in [0.717, 1.165) is 11.3 Å². The number of hydrogen-bond donors (Lipinski definition) is 4. The number of carbonyl (C=O) groups excluding carboxylic acids is 2. The zero-order valence-electron chi connectivity index (χ0n) is 21.6. The Morgan fingerprint density at radius 3 is 2.41 bits per heavy atom. The highest BCUT2D eigenvalue weighted by molar-refractivity contribution is 6.33. The topological polar surface area (TPSA) is 117 Å². The van der Waals surface area contributed by atoms with E-state index >= 15 is 8.78 Å². The number of likely N-dealkylation sites (tertiary alicyclic amines) is 2. The predicted molar refractivity (Wildman–Crippen MR) is 144 cm³/mol. The Hall–Kier alpha value is -3.50. The summed E-state index contributed by atoms with van der Waals surface area (Å²) < 4.78 is 30.3. The van der Waals surface area contributed by atoms with E-state index in [1.165, 1.54) is 30.5 Å². The molecular formula is C26H35BF2N6O2. The molecular weight excluding hydrogens is 477 g/mol. The Labute approximate surface area is 218 Å². The van der Waals surface area contributed by atoms with E-state index in [1.807, 2.05) is 0 Å². The lowest BCUT2D eigenvalue weighted by molar-refractivity contribution is -0.127. The fourth-order valence-electron chi connectivity index (χ4n) is 5.04. The summed E-state index contributed by atoms with van der Waals surface area (Å²) in [6.07, 6.45) is 4.98. The third kappa shape index (κ3) is 6.26. The number of likely N-dealkylation sites (N-methyl/N-ethyl adjacent to an activating group) is 1. The molecule has 1 aromatic carbocycles. The van der Waals surface area contributed by atoms with Gasteiger partial charge in [-0.2, -0.15) is 0 Å². The van der Waals surface area contributed by atoms with Crippen LogP contribution in [0.1, 0.15) is 30.6 Å². The van der Waals surface area contributed by atoms with Gasteiger partial charge in [0.25, 0.3) is 17.7 Å². The van der Waals surface area contributed by atoms with Gasteiger partial charge in [0.15, 0.2) is 0 Å². The molecule has 8 nitrogen and oxygen atoms in total. The van der Waals surface area contributed by atoms with Crippen LogP contribution in [0.3, 0.4) is 0 Å². The van der Waals surface area contributed by atoms with E-state index in [-0.39, 0.29) is 40.4 Å². The van der Waals surface area contributed by atoms with Crippen molar-refractivity contribution in [1.29, 1.82) is 0 Å². The van der Waals surface area contributed by atoms with E-state index in [2.05, 4.69) is 31.1 Å². The van der Waals surface area contributed by atoms with Crippen LogP contribution in [0.2, 0.25) is 0 Å². The summed E-state index contributed by atoms with van der Waals surface area (Å²) in [4.78, 5) is 29.3. The van der Waals surface area contributed by atoms with Crippen LogP contribution >= 0.6 is 0 Å². The van der Waals surface area contributed by atoms with Gasteiger partial charge in [-0.25, -0.2) is 8.78 Å². The van der Waals surface area contributed by atoms with E-state index in [4.69, 9.17) is 19.3 Å². The number of alkyl halides is 2. The van der Waals surface area contributed by atoms with Gasteiger partial charge < -0.3 is 31.9 Å². The number of anilines is 2. The van der Waals surface area contributed by atoms with Crippen molar-refractivity contribution in [1.82, 2.24) is 15.1 Å². The molecule has 1 unspecified atom stereocenters. The number of nitrogens with zero attached hydrogens (tertiary/aromatic N) is 2. The second kappa shape index (κ2) is 11.3. The van der Waals surface area contributed by atoms with Crippen molar-refractivity contribution in [3.63, 3.8) is 0 Å². The molecule has 3 rings (SSSR count). The quantitative estimate of drug-likeness (QED) is 0.191. The molecule has 0 bridgehead atoms. The molecule has 6 N–H and O–H groups in total. The second-order valence-corrected chi connectivity index (χ2v) is 10.0. The van der Waals surface area contributed by atoms with Crippen molar-refractivity contribution in [2.45, 2.75) is 32.2 Å². The summed E-state index contributed by atoms with van der Waals surface area (Å²) in [7, 11) is 7.59. The van der Waals surface area contributed by atoms with Crippen LogP contribution in [0.4, 0.5) is 20.2 Å². The Kier molecular flexibility index (Phi) is 8.55. The molecule has 2 saturated heterocycles. The van der Waals surface area contributed by atoms with E-state index in [9.17, 15) is 9.59 Å². The molecule has 37 heavy (non-hydrogen) atoms. The summed E-state index contributed by atoms with van der Waals surface area (Å²) in [5, 5.41) is 5.58. The molecule has 0 spiro atoms. The SMILES string of the molecule is [B]c1cc(N)c(NC2CN(C(=O)/C(C=C)=C/C(=C\N)NC)CC2(F)F)c(C(=O)N2C[C@H](C)C[C@H](C)C2)c1. The van der Waals surface area contributed by atoms with Gasteiger partial charge in [-0.3, -0.25) is 9.59 Å². The van der Waals surface area contributed by atoms with Crippen molar-refractivity contribution >= 4 is 36.5 Å². The zero-order valence-corrected chi connectivity index (χ0v) is 21.6. The number of benzene rings is 1. The first-order valence-corrected chi connectivity index (χ1v) is 12.3. The fraction of sp³-hybridized carbons (Fsp3) is 0.462.